The first-order chi connectivity index (χ1) is 13.0. The van der Waals surface area contributed by atoms with Crippen LogP contribution < -0.4 is 15.4 Å². The number of nitrogens with zero attached hydrogens (tertiary/aromatic N) is 2. The average Bonchev–Trinajstić information content (AvgIpc) is 2.65. The van der Waals surface area contributed by atoms with Gasteiger partial charge in [0, 0.05) is 11.8 Å². The topological polar surface area (TPSA) is 76.1 Å². The Morgan fingerprint density at radius 1 is 1.04 bits per heavy atom. The van der Waals surface area contributed by atoms with Gasteiger partial charge in [-0.25, -0.2) is 18.7 Å². The average molecular weight is 370 g/mol. The van der Waals surface area contributed by atoms with Gasteiger partial charge < -0.3 is 15.4 Å². The number of nitrogens with one attached hydrogen (secondary N) is 2. The molecular weight excluding hydrogens is 354 g/mol. The zero-order valence-corrected chi connectivity index (χ0v) is 14.6. The zero-order chi connectivity index (χ0) is 19.4. The van der Waals surface area contributed by atoms with Crippen LogP contribution in [0.4, 0.5) is 26.0 Å². The number of benzene rings is 2. The standard InChI is InChI=1S/C19H16F2N4O2/c1-11-22-16(19(26)24-12-6-8-13(27-2)9-7-12)10-17(23-11)25-18-14(20)4-3-5-15(18)21/h3-10H,1-2H3,(H,24,26)(H,22,23,25). The summed E-state index contributed by atoms with van der Waals surface area (Å²) < 4.78 is 32.7. The van der Waals surface area contributed by atoms with Crippen LogP contribution in [0.2, 0.25) is 0 Å². The van der Waals surface area contributed by atoms with Gasteiger partial charge >= 0.3 is 0 Å². The Morgan fingerprint density at radius 3 is 2.33 bits per heavy atom. The number of methoxy groups -OCH3 is 1. The van der Waals surface area contributed by atoms with E-state index in [1.54, 1.807) is 38.3 Å². The van der Waals surface area contributed by atoms with E-state index in [1.807, 2.05) is 0 Å². The number of anilines is 3. The third kappa shape index (κ3) is 4.35. The lowest BCUT2D eigenvalue weighted by molar-refractivity contribution is 0.102. The Hall–Kier alpha value is -3.55. The van der Waals surface area contributed by atoms with Gasteiger partial charge in [-0.2, -0.15) is 0 Å². The lowest BCUT2D eigenvalue weighted by Crippen LogP contribution is -2.15. The van der Waals surface area contributed by atoms with Crippen molar-refractivity contribution < 1.29 is 18.3 Å². The van der Waals surface area contributed by atoms with Crippen molar-refractivity contribution in [3.63, 3.8) is 0 Å². The molecule has 27 heavy (non-hydrogen) atoms. The molecule has 0 fully saturated rings. The molecule has 0 spiro atoms. The van der Waals surface area contributed by atoms with E-state index in [1.165, 1.54) is 12.1 Å². The molecule has 2 N–H and O–H groups in total. The van der Waals surface area contributed by atoms with Crippen molar-refractivity contribution in [2.45, 2.75) is 6.92 Å². The number of carbonyl (C=O) groups excluding carboxylic acids is 1. The van der Waals surface area contributed by atoms with E-state index >= 15 is 0 Å². The molecule has 6 nitrogen and oxygen atoms in total. The Labute approximate surface area is 154 Å². The van der Waals surface area contributed by atoms with Crippen LogP contribution in [0.5, 0.6) is 5.75 Å². The molecule has 0 aliphatic rings. The summed E-state index contributed by atoms with van der Waals surface area (Å²) in [6, 6.07) is 11.6. The fourth-order valence-corrected chi connectivity index (χ4v) is 2.36. The van der Waals surface area contributed by atoms with Crippen molar-refractivity contribution in [2.24, 2.45) is 0 Å². The third-order valence-corrected chi connectivity index (χ3v) is 3.63. The van der Waals surface area contributed by atoms with Gasteiger partial charge in [-0.05, 0) is 43.3 Å². The van der Waals surface area contributed by atoms with Gasteiger partial charge in [0.25, 0.3) is 5.91 Å². The van der Waals surface area contributed by atoms with Crippen molar-refractivity contribution in [3.05, 3.63) is 71.7 Å². The molecule has 0 bridgehead atoms. The molecule has 0 radical (unpaired) electrons. The maximum Gasteiger partial charge on any atom is 0.274 e. The molecule has 0 unspecified atom stereocenters. The van der Waals surface area contributed by atoms with Crippen LogP contribution >= 0.6 is 0 Å². The molecule has 1 heterocycles. The highest BCUT2D eigenvalue weighted by atomic mass is 19.1. The molecule has 0 aliphatic heterocycles. The quantitative estimate of drug-likeness (QED) is 0.708. The van der Waals surface area contributed by atoms with E-state index in [4.69, 9.17) is 4.74 Å². The summed E-state index contributed by atoms with van der Waals surface area (Å²) in [4.78, 5) is 20.6. The number of carbonyl (C=O) groups is 1. The number of para-hydroxylation sites is 1. The molecule has 3 aromatic rings. The van der Waals surface area contributed by atoms with Crippen molar-refractivity contribution >= 4 is 23.1 Å². The van der Waals surface area contributed by atoms with Gasteiger partial charge in [-0.15, -0.1) is 0 Å². The number of amides is 1. The number of hydrogen-bond acceptors (Lipinski definition) is 5. The minimum Gasteiger partial charge on any atom is -0.497 e. The van der Waals surface area contributed by atoms with Gasteiger partial charge in [0.15, 0.2) is 0 Å². The summed E-state index contributed by atoms with van der Waals surface area (Å²) in [6.45, 7) is 1.58. The molecule has 2 aromatic carbocycles. The largest absolute Gasteiger partial charge is 0.497 e. The molecule has 0 saturated heterocycles. The second-order valence-corrected chi connectivity index (χ2v) is 5.59. The van der Waals surface area contributed by atoms with Crippen LogP contribution in [0, 0.1) is 18.6 Å². The summed E-state index contributed by atoms with van der Waals surface area (Å²) in [6.07, 6.45) is 0. The van der Waals surface area contributed by atoms with Crippen LogP contribution in [0.1, 0.15) is 16.3 Å². The second-order valence-electron chi connectivity index (χ2n) is 5.59. The second kappa shape index (κ2) is 7.77. The fraction of sp³-hybridized carbons (Fsp3) is 0.105. The highest BCUT2D eigenvalue weighted by Crippen LogP contribution is 2.23. The molecule has 3 rings (SSSR count). The number of ether oxygens (including phenoxy) is 1. The first-order valence-corrected chi connectivity index (χ1v) is 7.98. The summed E-state index contributed by atoms with van der Waals surface area (Å²) in [7, 11) is 1.55. The number of aryl methyl sites for hydroxylation is 1. The van der Waals surface area contributed by atoms with Gasteiger partial charge in [-0.1, -0.05) is 6.07 Å². The Bertz CT molecular complexity index is 958. The van der Waals surface area contributed by atoms with Gasteiger partial charge in [-0.3, -0.25) is 4.79 Å². The predicted molar refractivity (Wildman–Crippen MR) is 97.4 cm³/mol. The van der Waals surface area contributed by atoms with Crippen LogP contribution in [0.25, 0.3) is 0 Å². The molecule has 0 aliphatic carbocycles. The molecule has 1 amide bonds. The van der Waals surface area contributed by atoms with Crippen molar-refractivity contribution in [2.75, 3.05) is 17.7 Å². The highest BCUT2D eigenvalue weighted by Gasteiger charge is 2.14. The van der Waals surface area contributed by atoms with E-state index in [2.05, 4.69) is 20.6 Å². The van der Waals surface area contributed by atoms with E-state index in [0.29, 0.717) is 11.4 Å². The van der Waals surface area contributed by atoms with Gasteiger partial charge in [0.1, 0.15) is 40.4 Å². The molecular formula is C19H16F2N4O2. The summed E-state index contributed by atoms with van der Waals surface area (Å²) in [5, 5.41) is 5.25. The Kier molecular flexibility index (Phi) is 5.25. The normalized spacial score (nSPS) is 10.4. The zero-order valence-electron chi connectivity index (χ0n) is 14.6. The molecule has 0 atom stereocenters. The first kappa shape index (κ1) is 18.2. The van der Waals surface area contributed by atoms with Gasteiger partial charge in [0.05, 0.1) is 7.11 Å². The molecule has 138 valence electrons. The maximum absolute atomic E-state index is 13.8. The monoisotopic (exact) mass is 370 g/mol. The SMILES string of the molecule is COc1ccc(NC(=O)c2cc(Nc3c(F)cccc3F)nc(C)n2)cc1. The number of aromatic nitrogens is 2. The maximum atomic E-state index is 13.8. The van der Waals surface area contributed by atoms with Crippen LogP contribution in [0.3, 0.4) is 0 Å². The number of rotatable bonds is 5. The lowest BCUT2D eigenvalue weighted by Gasteiger charge is -2.10. The third-order valence-electron chi connectivity index (χ3n) is 3.63. The Balaban J connectivity index is 1.82. The highest BCUT2D eigenvalue weighted by molar-refractivity contribution is 6.03. The van der Waals surface area contributed by atoms with E-state index in [0.717, 1.165) is 12.1 Å². The minimum absolute atomic E-state index is 0.0533. The summed E-state index contributed by atoms with van der Waals surface area (Å²) in [5.41, 5.74) is 0.251. The Morgan fingerprint density at radius 2 is 1.70 bits per heavy atom. The summed E-state index contributed by atoms with van der Waals surface area (Å²) >= 11 is 0. The van der Waals surface area contributed by atoms with Crippen LogP contribution in [-0.4, -0.2) is 23.0 Å². The van der Waals surface area contributed by atoms with Crippen molar-refractivity contribution in [1.29, 1.82) is 0 Å². The lowest BCUT2D eigenvalue weighted by atomic mass is 10.2. The van der Waals surface area contributed by atoms with Crippen molar-refractivity contribution in [1.82, 2.24) is 9.97 Å². The number of hydrogen-bond donors (Lipinski definition) is 2. The summed E-state index contributed by atoms with van der Waals surface area (Å²) in [5.74, 6) is -0.985. The molecule has 1 aromatic heterocycles. The number of halogens is 2. The van der Waals surface area contributed by atoms with E-state index in [9.17, 15) is 13.6 Å². The smallest absolute Gasteiger partial charge is 0.274 e. The van der Waals surface area contributed by atoms with Crippen molar-refractivity contribution in [3.8, 4) is 5.75 Å². The molecule has 0 saturated carbocycles. The molecule has 8 heteroatoms. The van der Waals surface area contributed by atoms with Gasteiger partial charge in [0.2, 0.25) is 0 Å². The first-order valence-electron chi connectivity index (χ1n) is 7.98. The van der Waals surface area contributed by atoms with Crippen LogP contribution in [-0.2, 0) is 0 Å². The van der Waals surface area contributed by atoms with E-state index in [-0.39, 0.29) is 23.0 Å². The predicted octanol–water partition coefficient (Wildman–Crippen LogP) is 4.07. The van der Waals surface area contributed by atoms with E-state index < -0.39 is 17.5 Å². The van der Waals surface area contributed by atoms with Crippen LogP contribution in [0.15, 0.2) is 48.5 Å². The minimum atomic E-state index is -0.768. The fourth-order valence-electron chi connectivity index (χ4n) is 2.36.